The highest BCUT2D eigenvalue weighted by atomic mass is 16.5. The molecule has 2 heterocycles. The van der Waals surface area contributed by atoms with E-state index in [1.165, 1.54) is 6.42 Å². The van der Waals surface area contributed by atoms with Gasteiger partial charge >= 0.3 is 0 Å². The Bertz CT molecular complexity index is 1340. The number of ether oxygens (including phenoxy) is 3. The van der Waals surface area contributed by atoms with E-state index in [0.29, 0.717) is 30.4 Å². The summed E-state index contributed by atoms with van der Waals surface area (Å²) in [4.78, 5) is 42.5. The van der Waals surface area contributed by atoms with Crippen LogP contribution in [0.1, 0.15) is 50.2 Å². The molecule has 2 saturated carbocycles. The van der Waals surface area contributed by atoms with Gasteiger partial charge in [0.25, 0.3) is 0 Å². The van der Waals surface area contributed by atoms with Gasteiger partial charge in [-0.2, -0.15) is 0 Å². The van der Waals surface area contributed by atoms with Gasteiger partial charge in [0.1, 0.15) is 34.4 Å². The summed E-state index contributed by atoms with van der Waals surface area (Å²) < 4.78 is 17.3. The van der Waals surface area contributed by atoms with Crippen LogP contribution in [0.4, 0.5) is 0 Å². The lowest BCUT2D eigenvalue weighted by atomic mass is 9.69. The van der Waals surface area contributed by atoms with Crippen LogP contribution in [-0.4, -0.2) is 43.3 Å². The first-order valence-corrected chi connectivity index (χ1v) is 15.1. The zero-order chi connectivity index (χ0) is 28.7. The highest BCUT2D eigenvalue weighted by molar-refractivity contribution is 6.02. The lowest BCUT2D eigenvalue weighted by molar-refractivity contribution is -0.135. The lowest BCUT2D eigenvalue weighted by Crippen LogP contribution is -2.44. The number of fused-ring (bicyclic) bond motifs is 1. The molecule has 1 spiro atoms. The monoisotopic (exact) mass is 556 g/mol. The van der Waals surface area contributed by atoms with Crippen molar-refractivity contribution in [1.29, 1.82) is 0 Å². The zero-order valence-electron chi connectivity index (χ0n) is 24.2. The lowest BCUT2D eigenvalue weighted by Gasteiger charge is -2.34. The molecule has 4 aliphatic rings. The Kier molecular flexibility index (Phi) is 7.62. The number of benzene rings is 2. The summed E-state index contributed by atoms with van der Waals surface area (Å²) in [7, 11) is 3.23. The molecular formula is C35H40O6. The summed E-state index contributed by atoms with van der Waals surface area (Å²) in [5.74, 6) is -0.0176. The minimum Gasteiger partial charge on any atom is -0.497 e. The molecule has 2 aliphatic carbocycles. The third kappa shape index (κ3) is 4.94. The normalized spacial score (nSPS) is 33.5. The molecule has 2 aliphatic heterocycles. The van der Waals surface area contributed by atoms with E-state index in [9.17, 15) is 14.4 Å². The molecule has 41 heavy (non-hydrogen) atoms. The predicted molar refractivity (Wildman–Crippen MR) is 155 cm³/mol. The van der Waals surface area contributed by atoms with Gasteiger partial charge in [0.05, 0.1) is 38.1 Å². The van der Waals surface area contributed by atoms with Gasteiger partial charge < -0.3 is 14.2 Å². The van der Waals surface area contributed by atoms with Crippen LogP contribution in [0.15, 0.2) is 60.7 Å². The fourth-order valence-corrected chi connectivity index (χ4v) is 8.14. The Morgan fingerprint density at radius 2 is 1.71 bits per heavy atom. The maximum Gasteiger partial charge on any atom is 0.144 e. The number of carbonyl (C=O) groups excluding carboxylic acids is 3. The molecule has 8 unspecified atom stereocenters. The van der Waals surface area contributed by atoms with Crippen molar-refractivity contribution in [2.45, 2.75) is 63.6 Å². The van der Waals surface area contributed by atoms with Gasteiger partial charge in [-0.05, 0) is 60.1 Å². The molecule has 0 radical (unpaired) electrons. The van der Waals surface area contributed by atoms with Crippen LogP contribution < -0.4 is 9.47 Å². The van der Waals surface area contributed by atoms with E-state index in [-0.39, 0.29) is 23.8 Å². The average Bonchev–Trinajstić information content (AvgIpc) is 3.62. The van der Waals surface area contributed by atoms with E-state index in [1.54, 1.807) is 14.2 Å². The summed E-state index contributed by atoms with van der Waals surface area (Å²) in [6.07, 6.45) is 9.06. The van der Waals surface area contributed by atoms with E-state index in [4.69, 9.17) is 14.2 Å². The molecule has 6 heteroatoms. The van der Waals surface area contributed by atoms with Gasteiger partial charge in [-0.15, -0.1) is 0 Å². The Labute approximate surface area is 242 Å². The number of carbonyl (C=O) groups is 3. The molecule has 0 N–H and O–H groups in total. The first-order valence-electron chi connectivity index (χ1n) is 15.1. The Morgan fingerprint density at radius 3 is 2.44 bits per heavy atom. The molecule has 3 fully saturated rings. The summed E-state index contributed by atoms with van der Waals surface area (Å²) in [6, 6.07) is 15.2. The van der Waals surface area contributed by atoms with Gasteiger partial charge in [0.2, 0.25) is 0 Å². The van der Waals surface area contributed by atoms with E-state index < -0.39 is 35.4 Å². The standard InChI is InChI=1S/C35H40O6/c1-21-7-4-5-9-24(21)20-29(37)32-27(18-22-11-13-25(39-2)14-12-22)34(38)33-31(30-15-16-35(32,33)41-30)28(36)19-23-8-6-10-26(17-23)40-3/h6,8,10-17,21,24,27,30-33H,4-5,7,9,18-20H2,1-3H3. The van der Waals surface area contributed by atoms with Gasteiger partial charge in [0, 0.05) is 18.8 Å². The molecular weight excluding hydrogens is 516 g/mol. The van der Waals surface area contributed by atoms with Crippen molar-refractivity contribution >= 4 is 17.3 Å². The van der Waals surface area contributed by atoms with Crippen LogP contribution >= 0.6 is 0 Å². The predicted octanol–water partition coefficient (Wildman–Crippen LogP) is 5.60. The molecule has 2 aromatic rings. The van der Waals surface area contributed by atoms with Crippen LogP contribution in [0.5, 0.6) is 11.5 Å². The van der Waals surface area contributed by atoms with Crippen LogP contribution in [0.25, 0.3) is 0 Å². The summed E-state index contributed by atoms with van der Waals surface area (Å²) in [5, 5.41) is 0. The smallest absolute Gasteiger partial charge is 0.144 e. The van der Waals surface area contributed by atoms with Gasteiger partial charge in [-0.3, -0.25) is 14.4 Å². The number of hydrogen-bond donors (Lipinski definition) is 0. The zero-order valence-corrected chi connectivity index (χ0v) is 24.2. The van der Waals surface area contributed by atoms with Crippen molar-refractivity contribution < 1.29 is 28.6 Å². The fraction of sp³-hybridized carbons (Fsp3) is 0.514. The van der Waals surface area contributed by atoms with E-state index in [1.807, 2.05) is 60.7 Å². The summed E-state index contributed by atoms with van der Waals surface area (Å²) in [5.41, 5.74) is 0.777. The minimum atomic E-state index is -1.04. The van der Waals surface area contributed by atoms with Crippen molar-refractivity contribution in [2.75, 3.05) is 14.2 Å². The second-order valence-electron chi connectivity index (χ2n) is 12.5. The third-order valence-electron chi connectivity index (χ3n) is 10.2. The largest absolute Gasteiger partial charge is 0.497 e. The number of rotatable bonds is 10. The first kappa shape index (κ1) is 27.9. The number of methoxy groups -OCH3 is 2. The number of ketones is 3. The third-order valence-corrected chi connectivity index (χ3v) is 10.2. The topological polar surface area (TPSA) is 78.9 Å². The number of hydrogen-bond acceptors (Lipinski definition) is 6. The van der Waals surface area contributed by atoms with Gasteiger partial charge in [0.15, 0.2) is 0 Å². The maximum absolute atomic E-state index is 14.4. The fourth-order valence-electron chi connectivity index (χ4n) is 8.14. The Morgan fingerprint density at radius 1 is 0.951 bits per heavy atom. The van der Waals surface area contributed by atoms with E-state index >= 15 is 0 Å². The Balaban J connectivity index is 1.32. The number of Topliss-reactive ketones (excluding diaryl/α,β-unsaturated/α-hetero) is 3. The second-order valence-corrected chi connectivity index (χ2v) is 12.5. The molecule has 8 atom stereocenters. The van der Waals surface area contributed by atoms with E-state index in [0.717, 1.165) is 36.1 Å². The highest BCUT2D eigenvalue weighted by Gasteiger charge is 2.72. The molecule has 2 aromatic carbocycles. The molecule has 0 aromatic heterocycles. The van der Waals surface area contributed by atoms with Crippen molar-refractivity contribution in [3.05, 3.63) is 71.8 Å². The highest BCUT2D eigenvalue weighted by Crippen LogP contribution is 2.60. The van der Waals surface area contributed by atoms with Crippen LogP contribution in [-0.2, 0) is 32.0 Å². The molecule has 2 bridgehead atoms. The molecule has 6 rings (SSSR count). The van der Waals surface area contributed by atoms with Crippen molar-refractivity contribution in [3.8, 4) is 11.5 Å². The van der Waals surface area contributed by atoms with Crippen molar-refractivity contribution in [3.63, 3.8) is 0 Å². The Hall–Kier alpha value is -3.25. The van der Waals surface area contributed by atoms with E-state index in [2.05, 4.69) is 6.92 Å². The SMILES string of the molecule is COc1ccc(CC2C(=O)C3C(C(=O)Cc4cccc(OC)c4)C4C=CC3(O4)C2C(=O)CC2CCCCC2C)cc1. The van der Waals surface area contributed by atoms with Crippen LogP contribution in [0.2, 0.25) is 0 Å². The van der Waals surface area contributed by atoms with Gasteiger partial charge in [-0.25, -0.2) is 0 Å². The first-order chi connectivity index (χ1) is 19.8. The average molecular weight is 557 g/mol. The van der Waals surface area contributed by atoms with Gasteiger partial charge in [-0.1, -0.05) is 62.6 Å². The molecule has 0 amide bonds. The van der Waals surface area contributed by atoms with Crippen LogP contribution in [0.3, 0.4) is 0 Å². The van der Waals surface area contributed by atoms with Crippen molar-refractivity contribution in [2.24, 2.45) is 35.5 Å². The second kappa shape index (κ2) is 11.2. The minimum absolute atomic E-state index is 0.00768. The molecule has 6 nitrogen and oxygen atoms in total. The molecule has 216 valence electrons. The quantitative estimate of drug-likeness (QED) is 0.355. The molecule has 1 saturated heterocycles. The maximum atomic E-state index is 14.4. The summed E-state index contributed by atoms with van der Waals surface area (Å²) in [6.45, 7) is 2.25. The van der Waals surface area contributed by atoms with Crippen molar-refractivity contribution in [1.82, 2.24) is 0 Å². The summed E-state index contributed by atoms with van der Waals surface area (Å²) >= 11 is 0. The van der Waals surface area contributed by atoms with Crippen LogP contribution in [0, 0.1) is 35.5 Å².